The highest BCUT2D eigenvalue weighted by molar-refractivity contribution is 6.03. The van der Waals surface area contributed by atoms with Crippen LogP contribution in [0.1, 0.15) is 10.4 Å². The smallest absolute Gasteiger partial charge is 0.259 e. The van der Waals surface area contributed by atoms with Crippen molar-refractivity contribution in [3.05, 3.63) is 90.1 Å². The van der Waals surface area contributed by atoms with Gasteiger partial charge in [0, 0.05) is 24.4 Å². The molecule has 0 radical (unpaired) electrons. The minimum atomic E-state index is -0.600. The second kappa shape index (κ2) is 7.63. The Labute approximate surface area is 165 Å². The zero-order valence-corrected chi connectivity index (χ0v) is 15.4. The molecule has 0 aliphatic heterocycles. The molecule has 7 heteroatoms. The van der Waals surface area contributed by atoms with Gasteiger partial charge in [-0.15, -0.1) is 0 Å². The van der Waals surface area contributed by atoms with Crippen LogP contribution in [-0.4, -0.2) is 20.7 Å². The molecule has 144 valence electrons. The summed E-state index contributed by atoms with van der Waals surface area (Å²) < 4.78 is 29.4. The fraction of sp³-hybridized carbons (Fsp3) is 0.0455. The Balaban J connectivity index is 1.56. The number of nitrogens with zero attached hydrogens (tertiary/aromatic N) is 3. The molecule has 4 aromatic rings. The topological polar surface area (TPSA) is 59.8 Å². The molecule has 2 aromatic carbocycles. The average molecular weight is 390 g/mol. The second-order valence-corrected chi connectivity index (χ2v) is 6.38. The molecule has 29 heavy (non-hydrogen) atoms. The standard InChI is InChI=1S/C22H16F2N4O/c1-28-20(12-19(27-28)15-6-2-4-8-17(15)23)14-10-11-21(25-13-14)26-22(29)16-7-3-5-9-18(16)24/h2-13H,1H3,(H,25,26,29). The highest BCUT2D eigenvalue weighted by Crippen LogP contribution is 2.27. The monoisotopic (exact) mass is 390 g/mol. The van der Waals surface area contributed by atoms with Crippen LogP contribution in [0.15, 0.2) is 72.9 Å². The first-order valence-corrected chi connectivity index (χ1v) is 8.84. The Morgan fingerprint density at radius 3 is 2.38 bits per heavy atom. The average Bonchev–Trinajstić information content (AvgIpc) is 3.10. The minimum absolute atomic E-state index is 0.0560. The Hall–Kier alpha value is -3.87. The van der Waals surface area contributed by atoms with E-state index in [-0.39, 0.29) is 11.4 Å². The molecule has 1 N–H and O–H groups in total. The predicted octanol–water partition coefficient (Wildman–Crippen LogP) is 4.68. The number of anilines is 1. The van der Waals surface area contributed by atoms with Gasteiger partial charge in [-0.3, -0.25) is 9.48 Å². The number of pyridine rings is 1. The number of aryl methyl sites for hydroxylation is 1. The van der Waals surface area contributed by atoms with Gasteiger partial charge >= 0.3 is 0 Å². The number of hydrogen-bond acceptors (Lipinski definition) is 3. The maximum Gasteiger partial charge on any atom is 0.259 e. The summed E-state index contributed by atoms with van der Waals surface area (Å²) >= 11 is 0. The Morgan fingerprint density at radius 1 is 0.966 bits per heavy atom. The third kappa shape index (κ3) is 3.75. The van der Waals surface area contributed by atoms with Gasteiger partial charge in [0.05, 0.1) is 17.0 Å². The number of aromatic nitrogens is 3. The number of nitrogens with one attached hydrogen (secondary N) is 1. The van der Waals surface area contributed by atoms with Gasteiger partial charge in [-0.2, -0.15) is 5.10 Å². The van der Waals surface area contributed by atoms with Crippen LogP contribution in [0.5, 0.6) is 0 Å². The zero-order valence-electron chi connectivity index (χ0n) is 15.4. The third-order valence-electron chi connectivity index (χ3n) is 4.45. The van der Waals surface area contributed by atoms with E-state index in [9.17, 15) is 13.6 Å². The van der Waals surface area contributed by atoms with Gasteiger partial charge in [-0.1, -0.05) is 24.3 Å². The van der Waals surface area contributed by atoms with Gasteiger partial charge in [0.15, 0.2) is 0 Å². The van der Waals surface area contributed by atoms with E-state index in [1.807, 2.05) is 0 Å². The van der Waals surface area contributed by atoms with Gasteiger partial charge in [0.2, 0.25) is 0 Å². The molecule has 0 bridgehead atoms. The second-order valence-electron chi connectivity index (χ2n) is 6.38. The van der Waals surface area contributed by atoms with E-state index in [1.165, 1.54) is 24.3 Å². The largest absolute Gasteiger partial charge is 0.306 e. The van der Waals surface area contributed by atoms with Gasteiger partial charge in [0.1, 0.15) is 17.5 Å². The zero-order chi connectivity index (χ0) is 20.4. The number of benzene rings is 2. The van der Waals surface area contributed by atoms with E-state index in [1.54, 1.807) is 60.4 Å². The van der Waals surface area contributed by atoms with Crippen LogP contribution in [0.4, 0.5) is 14.6 Å². The highest BCUT2D eigenvalue weighted by atomic mass is 19.1. The lowest BCUT2D eigenvalue weighted by atomic mass is 10.1. The molecule has 0 saturated carbocycles. The molecule has 0 atom stereocenters. The number of rotatable bonds is 4. The van der Waals surface area contributed by atoms with Crippen molar-refractivity contribution in [3.63, 3.8) is 0 Å². The summed E-state index contributed by atoms with van der Waals surface area (Å²) in [7, 11) is 1.76. The number of amides is 1. The normalized spacial score (nSPS) is 10.7. The van der Waals surface area contributed by atoms with Gasteiger partial charge < -0.3 is 5.32 Å². The van der Waals surface area contributed by atoms with Crippen LogP contribution in [-0.2, 0) is 7.05 Å². The molecule has 0 unspecified atom stereocenters. The van der Waals surface area contributed by atoms with Gasteiger partial charge in [0.25, 0.3) is 5.91 Å². The molecule has 0 aliphatic rings. The lowest BCUT2D eigenvalue weighted by molar-refractivity contribution is 0.102. The summed E-state index contributed by atoms with van der Waals surface area (Å²) in [5.41, 5.74) is 2.35. The van der Waals surface area contributed by atoms with Crippen molar-refractivity contribution in [2.45, 2.75) is 0 Å². The van der Waals surface area contributed by atoms with Gasteiger partial charge in [-0.05, 0) is 42.5 Å². The van der Waals surface area contributed by atoms with Crippen molar-refractivity contribution in [1.29, 1.82) is 0 Å². The van der Waals surface area contributed by atoms with E-state index in [2.05, 4.69) is 15.4 Å². The van der Waals surface area contributed by atoms with Crippen molar-refractivity contribution in [2.75, 3.05) is 5.32 Å². The number of halogens is 2. The van der Waals surface area contributed by atoms with Crippen molar-refractivity contribution >= 4 is 11.7 Å². The molecule has 5 nitrogen and oxygen atoms in total. The third-order valence-corrected chi connectivity index (χ3v) is 4.45. The number of carbonyl (C=O) groups excluding carboxylic acids is 1. The summed E-state index contributed by atoms with van der Waals surface area (Å²) in [4.78, 5) is 16.4. The van der Waals surface area contributed by atoms with Crippen LogP contribution in [0.2, 0.25) is 0 Å². The van der Waals surface area contributed by atoms with Crippen molar-refractivity contribution in [2.24, 2.45) is 7.05 Å². The van der Waals surface area contributed by atoms with Gasteiger partial charge in [-0.25, -0.2) is 13.8 Å². The molecule has 0 spiro atoms. The van der Waals surface area contributed by atoms with E-state index < -0.39 is 11.7 Å². The number of hydrogen-bond donors (Lipinski definition) is 1. The lowest BCUT2D eigenvalue weighted by Crippen LogP contribution is -2.14. The summed E-state index contributed by atoms with van der Waals surface area (Å²) in [5.74, 6) is -1.23. The molecule has 0 saturated heterocycles. The molecular formula is C22H16F2N4O. The van der Waals surface area contributed by atoms with Crippen molar-refractivity contribution in [1.82, 2.24) is 14.8 Å². The van der Waals surface area contributed by atoms with Crippen LogP contribution < -0.4 is 5.32 Å². The Bertz CT molecular complexity index is 1190. The molecular weight excluding hydrogens is 374 g/mol. The van der Waals surface area contributed by atoms with E-state index in [0.717, 1.165) is 11.3 Å². The first kappa shape index (κ1) is 18.5. The molecule has 2 aromatic heterocycles. The van der Waals surface area contributed by atoms with Crippen LogP contribution in [0.3, 0.4) is 0 Å². The summed E-state index contributed by atoms with van der Waals surface area (Å²) in [5, 5.41) is 6.94. The summed E-state index contributed by atoms with van der Waals surface area (Å²) in [6, 6.07) is 17.3. The molecule has 0 aliphatic carbocycles. The van der Waals surface area contributed by atoms with E-state index in [4.69, 9.17) is 0 Å². The minimum Gasteiger partial charge on any atom is -0.306 e. The fourth-order valence-corrected chi connectivity index (χ4v) is 2.99. The summed E-state index contributed by atoms with van der Waals surface area (Å²) in [6.07, 6.45) is 1.57. The Kier molecular flexibility index (Phi) is 4.87. The van der Waals surface area contributed by atoms with Crippen LogP contribution >= 0.6 is 0 Å². The molecule has 4 rings (SSSR count). The quantitative estimate of drug-likeness (QED) is 0.550. The molecule has 1 amide bonds. The lowest BCUT2D eigenvalue weighted by Gasteiger charge is -2.06. The van der Waals surface area contributed by atoms with E-state index >= 15 is 0 Å². The predicted molar refractivity (Wildman–Crippen MR) is 106 cm³/mol. The highest BCUT2D eigenvalue weighted by Gasteiger charge is 2.14. The SMILES string of the molecule is Cn1nc(-c2ccccc2F)cc1-c1ccc(NC(=O)c2ccccc2F)nc1. The maximum atomic E-state index is 14.0. The first-order valence-electron chi connectivity index (χ1n) is 8.84. The Morgan fingerprint density at radius 2 is 1.69 bits per heavy atom. The summed E-state index contributed by atoms with van der Waals surface area (Å²) in [6.45, 7) is 0. The van der Waals surface area contributed by atoms with E-state index in [0.29, 0.717) is 17.1 Å². The van der Waals surface area contributed by atoms with Crippen molar-refractivity contribution in [3.8, 4) is 22.5 Å². The maximum absolute atomic E-state index is 14.0. The van der Waals surface area contributed by atoms with Crippen LogP contribution in [0, 0.1) is 11.6 Å². The van der Waals surface area contributed by atoms with Crippen molar-refractivity contribution < 1.29 is 13.6 Å². The first-order chi connectivity index (χ1) is 14.0. The molecule has 2 heterocycles. The number of carbonyl (C=O) groups is 1. The fourth-order valence-electron chi connectivity index (χ4n) is 2.99. The molecule has 0 fully saturated rings. The van der Waals surface area contributed by atoms with Crippen LogP contribution in [0.25, 0.3) is 22.5 Å².